The van der Waals surface area contributed by atoms with E-state index < -0.39 is 0 Å². The number of nitrogens with zero attached hydrogens (tertiary/aromatic N) is 2. The van der Waals surface area contributed by atoms with E-state index in [1.54, 1.807) is 0 Å². The number of anilines is 3. The van der Waals surface area contributed by atoms with Crippen molar-refractivity contribution in [2.24, 2.45) is 0 Å². The van der Waals surface area contributed by atoms with Gasteiger partial charge in [-0.1, -0.05) is 97.1 Å². The van der Waals surface area contributed by atoms with E-state index in [0.717, 1.165) is 22.3 Å². The molecular weight excluding hydrogens is 535 g/mol. The van der Waals surface area contributed by atoms with Crippen LogP contribution in [0.25, 0.3) is 65.4 Å². The Balaban J connectivity index is 1.38. The lowest BCUT2D eigenvalue weighted by molar-refractivity contribution is 0.616. The van der Waals surface area contributed by atoms with Gasteiger partial charge in [0.15, 0.2) is 5.58 Å². The van der Waals surface area contributed by atoms with Crippen molar-refractivity contribution in [3.8, 4) is 11.1 Å². The van der Waals surface area contributed by atoms with Crippen LogP contribution >= 0.6 is 0 Å². The van der Waals surface area contributed by atoms with Crippen LogP contribution < -0.4 is 15.8 Å². The average Bonchev–Trinajstić information content (AvgIpc) is 3.69. The van der Waals surface area contributed by atoms with Crippen molar-refractivity contribution in [1.29, 1.82) is 0 Å². The highest BCUT2D eigenvalue weighted by Crippen LogP contribution is 2.48. The van der Waals surface area contributed by atoms with Crippen LogP contribution in [-0.4, -0.2) is 11.3 Å². The lowest BCUT2D eigenvalue weighted by atomic mass is 9.44. The van der Waals surface area contributed by atoms with Gasteiger partial charge in [-0.2, -0.15) is 0 Å². The van der Waals surface area contributed by atoms with Crippen LogP contribution in [0.15, 0.2) is 144 Å². The number of rotatable bonds is 1. The molecule has 202 valence electrons. The fourth-order valence-corrected chi connectivity index (χ4v) is 8.24. The maximum Gasteiger partial charge on any atom is 0.333 e. The minimum atomic E-state index is -0.0235. The van der Waals surface area contributed by atoms with E-state index in [4.69, 9.17) is 4.42 Å². The number of hydrogen-bond donors (Lipinski definition) is 0. The van der Waals surface area contributed by atoms with Gasteiger partial charge in [0.25, 0.3) is 0 Å². The molecule has 7 aromatic carbocycles. The predicted octanol–water partition coefficient (Wildman–Crippen LogP) is 9.26. The Labute approximate surface area is 253 Å². The van der Waals surface area contributed by atoms with E-state index in [0.29, 0.717) is 0 Å². The van der Waals surface area contributed by atoms with Crippen LogP contribution in [0.5, 0.6) is 0 Å². The summed E-state index contributed by atoms with van der Waals surface area (Å²) in [6.45, 7) is -0.0235. The molecule has 2 aliphatic heterocycles. The second-order valence-corrected chi connectivity index (χ2v) is 12.1. The third kappa shape index (κ3) is 2.70. The normalized spacial score (nSPS) is 13.4. The molecule has 0 unspecified atom stereocenters. The molecule has 0 fully saturated rings. The van der Waals surface area contributed by atoms with Gasteiger partial charge in [0, 0.05) is 44.1 Å². The standard InChI is InChI=1S/C40H23BN2O/c1-2-10-26-22-28(18-16-24(26)8-1)42-35-19-17-25-9-3-4-11-29(25)36(35)41-37-33(23-27-20-21-44-40(27)39(37)42)32-14-7-13-31-30-12-5-6-15-34(30)43(41)38(31)32/h1-23H. The molecule has 0 bridgehead atoms. The maximum atomic E-state index is 6.41. The first-order valence-electron chi connectivity index (χ1n) is 15.2. The number of para-hydroxylation sites is 2. The number of hydrogen-bond acceptors (Lipinski definition) is 2. The summed E-state index contributed by atoms with van der Waals surface area (Å²) in [6, 6.07) is 49.0. The first-order valence-corrected chi connectivity index (χ1v) is 15.2. The van der Waals surface area contributed by atoms with Crippen molar-refractivity contribution in [3.63, 3.8) is 0 Å². The number of fused-ring (bicyclic) bond motifs is 12. The topological polar surface area (TPSA) is 21.3 Å². The molecule has 3 nitrogen and oxygen atoms in total. The Morgan fingerprint density at radius 2 is 1.30 bits per heavy atom. The van der Waals surface area contributed by atoms with E-state index in [2.05, 4.69) is 143 Å². The zero-order valence-electron chi connectivity index (χ0n) is 23.7. The molecule has 0 spiro atoms. The lowest BCUT2D eigenvalue weighted by Gasteiger charge is -2.41. The predicted molar refractivity (Wildman–Crippen MR) is 185 cm³/mol. The zero-order valence-corrected chi connectivity index (χ0v) is 23.7. The quantitative estimate of drug-likeness (QED) is 0.187. The molecule has 44 heavy (non-hydrogen) atoms. The third-order valence-electron chi connectivity index (χ3n) is 9.99. The molecule has 0 aliphatic carbocycles. The van der Waals surface area contributed by atoms with Crippen molar-refractivity contribution in [2.45, 2.75) is 0 Å². The van der Waals surface area contributed by atoms with Gasteiger partial charge in [-0.25, -0.2) is 0 Å². The van der Waals surface area contributed by atoms with Gasteiger partial charge in [-0.3, -0.25) is 0 Å². The number of aromatic nitrogens is 1. The summed E-state index contributed by atoms with van der Waals surface area (Å²) in [5.74, 6) is 0. The second kappa shape index (κ2) is 8.00. The van der Waals surface area contributed by atoms with E-state index in [9.17, 15) is 0 Å². The smallest absolute Gasteiger partial charge is 0.333 e. The SMILES string of the molecule is c1ccc2cc(N3c4ccc5ccccc5c4B4c5c(cc6ccoc6c53)-c3cccc5c6ccccc6n4c35)ccc2c1. The van der Waals surface area contributed by atoms with Crippen molar-refractivity contribution < 1.29 is 4.42 Å². The molecule has 2 aliphatic rings. The Morgan fingerprint density at radius 1 is 0.523 bits per heavy atom. The highest BCUT2D eigenvalue weighted by molar-refractivity contribution is 6.92. The summed E-state index contributed by atoms with van der Waals surface area (Å²) >= 11 is 0. The Kier molecular flexibility index (Phi) is 4.15. The average molecular weight is 558 g/mol. The van der Waals surface area contributed by atoms with E-state index >= 15 is 0 Å². The second-order valence-electron chi connectivity index (χ2n) is 12.1. The van der Waals surface area contributed by atoms with Crippen LogP contribution in [0.1, 0.15) is 0 Å². The van der Waals surface area contributed by atoms with Crippen LogP contribution in [0.4, 0.5) is 17.1 Å². The van der Waals surface area contributed by atoms with Crippen LogP contribution in [0, 0.1) is 0 Å². The van der Waals surface area contributed by atoms with Crippen LogP contribution in [-0.2, 0) is 0 Å². The summed E-state index contributed by atoms with van der Waals surface area (Å²) in [5.41, 5.74) is 12.1. The third-order valence-corrected chi connectivity index (χ3v) is 9.99. The molecule has 0 saturated carbocycles. The van der Waals surface area contributed by atoms with Gasteiger partial charge in [0.2, 0.25) is 0 Å². The Morgan fingerprint density at radius 3 is 2.23 bits per heavy atom. The largest absolute Gasteiger partial charge is 0.462 e. The fraction of sp³-hybridized carbons (Fsp3) is 0. The van der Waals surface area contributed by atoms with Gasteiger partial charge < -0.3 is 13.8 Å². The molecular formula is C40H23BN2O. The van der Waals surface area contributed by atoms with E-state index in [-0.39, 0.29) is 6.85 Å². The van der Waals surface area contributed by atoms with Gasteiger partial charge in [0.1, 0.15) is 0 Å². The van der Waals surface area contributed by atoms with Crippen LogP contribution in [0.2, 0.25) is 0 Å². The number of benzene rings is 7. The summed E-state index contributed by atoms with van der Waals surface area (Å²) in [6.07, 6.45) is 1.84. The molecule has 0 atom stereocenters. The van der Waals surface area contributed by atoms with Crippen LogP contribution in [0.3, 0.4) is 0 Å². The molecule has 11 rings (SSSR count). The molecule has 4 heteroatoms. The molecule has 0 N–H and O–H groups in total. The minimum Gasteiger partial charge on any atom is -0.462 e. The van der Waals surface area contributed by atoms with Gasteiger partial charge >= 0.3 is 6.85 Å². The first kappa shape index (κ1) is 22.8. The highest BCUT2D eigenvalue weighted by atomic mass is 16.3. The summed E-state index contributed by atoms with van der Waals surface area (Å²) in [5, 5.41) is 8.70. The summed E-state index contributed by atoms with van der Waals surface area (Å²) in [4.78, 5) is 2.46. The lowest BCUT2D eigenvalue weighted by Crippen LogP contribution is -2.57. The maximum absolute atomic E-state index is 6.41. The van der Waals surface area contributed by atoms with Gasteiger partial charge in [-0.15, -0.1) is 0 Å². The van der Waals surface area contributed by atoms with Gasteiger partial charge in [0.05, 0.1) is 12.0 Å². The minimum absolute atomic E-state index is 0.0235. The number of furan rings is 1. The van der Waals surface area contributed by atoms with Crippen molar-refractivity contribution in [2.75, 3.05) is 4.90 Å². The van der Waals surface area contributed by atoms with E-state index in [1.807, 2.05) is 6.26 Å². The van der Waals surface area contributed by atoms with E-state index in [1.165, 1.54) is 71.1 Å². The van der Waals surface area contributed by atoms with Crippen molar-refractivity contribution >= 4 is 89.2 Å². The van der Waals surface area contributed by atoms with Crippen molar-refractivity contribution in [3.05, 3.63) is 140 Å². The Hall–Kier alpha value is -5.74. The first-order chi connectivity index (χ1) is 21.8. The highest BCUT2D eigenvalue weighted by Gasteiger charge is 2.44. The molecule has 0 saturated heterocycles. The molecule has 9 aromatic rings. The summed E-state index contributed by atoms with van der Waals surface area (Å²) in [7, 11) is 0. The van der Waals surface area contributed by atoms with Gasteiger partial charge in [-0.05, 0) is 74.4 Å². The fourth-order valence-electron chi connectivity index (χ4n) is 8.24. The summed E-state index contributed by atoms with van der Waals surface area (Å²) < 4.78 is 9.02. The zero-order chi connectivity index (χ0) is 28.5. The monoisotopic (exact) mass is 558 g/mol. The molecule has 4 heterocycles. The van der Waals surface area contributed by atoms with Crippen molar-refractivity contribution in [1.82, 2.24) is 4.48 Å². The molecule has 0 radical (unpaired) electrons. The molecule has 0 amide bonds. The Bertz CT molecular complexity index is 2700. The molecule has 2 aromatic heterocycles.